The summed E-state index contributed by atoms with van der Waals surface area (Å²) in [6, 6.07) is 10.2. The Hall–Kier alpha value is -3.11. The molecular formula is C26H35N5O4. The van der Waals surface area contributed by atoms with Gasteiger partial charge in [0, 0.05) is 66.7 Å². The van der Waals surface area contributed by atoms with Crippen LogP contribution >= 0.6 is 0 Å². The molecule has 0 bridgehead atoms. The van der Waals surface area contributed by atoms with E-state index in [2.05, 4.69) is 43.1 Å². The van der Waals surface area contributed by atoms with Gasteiger partial charge in [-0.05, 0) is 43.8 Å². The second-order valence-corrected chi connectivity index (χ2v) is 8.48. The van der Waals surface area contributed by atoms with Gasteiger partial charge in [0.2, 0.25) is 0 Å². The molecule has 4 rings (SSSR count). The van der Waals surface area contributed by atoms with Gasteiger partial charge in [0.05, 0.1) is 33.0 Å². The van der Waals surface area contributed by atoms with Crippen molar-refractivity contribution >= 4 is 21.9 Å². The van der Waals surface area contributed by atoms with Gasteiger partial charge in [-0.3, -0.25) is 4.90 Å². The molecule has 3 aromatic heterocycles. The van der Waals surface area contributed by atoms with Gasteiger partial charge in [-0.15, -0.1) is 0 Å². The van der Waals surface area contributed by atoms with E-state index in [1.807, 2.05) is 18.2 Å². The van der Waals surface area contributed by atoms with E-state index >= 15 is 0 Å². The quantitative estimate of drug-likeness (QED) is 0.205. The van der Waals surface area contributed by atoms with Crippen LogP contribution in [-0.4, -0.2) is 89.8 Å². The molecule has 9 heteroatoms. The van der Waals surface area contributed by atoms with Crippen LogP contribution in [-0.2, 0) is 6.54 Å². The molecule has 0 fully saturated rings. The van der Waals surface area contributed by atoms with Gasteiger partial charge >= 0.3 is 0 Å². The van der Waals surface area contributed by atoms with Crippen LogP contribution in [0.1, 0.15) is 6.42 Å². The molecule has 1 aromatic carbocycles. The summed E-state index contributed by atoms with van der Waals surface area (Å²) in [5.74, 6) is 1.40. The third-order valence-electron chi connectivity index (χ3n) is 6.26. The molecule has 188 valence electrons. The number of H-pyrrole nitrogens is 1. The van der Waals surface area contributed by atoms with Crippen LogP contribution < -0.4 is 14.8 Å². The number of aliphatic hydroxyl groups excluding tert-OH is 2. The number of hydrogen-bond donors (Lipinski definition) is 4. The van der Waals surface area contributed by atoms with E-state index in [1.165, 1.54) is 0 Å². The molecule has 0 radical (unpaired) electrons. The van der Waals surface area contributed by atoms with E-state index in [0.29, 0.717) is 24.6 Å². The Kier molecular flexibility index (Phi) is 8.59. The highest BCUT2D eigenvalue weighted by Crippen LogP contribution is 2.38. The molecule has 0 atom stereocenters. The van der Waals surface area contributed by atoms with Crippen molar-refractivity contribution in [3.05, 3.63) is 42.7 Å². The van der Waals surface area contributed by atoms with Crippen LogP contribution in [0, 0.1) is 0 Å². The zero-order valence-electron chi connectivity index (χ0n) is 20.5. The van der Waals surface area contributed by atoms with E-state index in [-0.39, 0.29) is 13.2 Å². The topological polar surface area (TPSA) is 108 Å². The van der Waals surface area contributed by atoms with E-state index in [9.17, 15) is 0 Å². The van der Waals surface area contributed by atoms with Crippen molar-refractivity contribution < 1.29 is 19.7 Å². The molecule has 0 saturated heterocycles. The minimum absolute atomic E-state index is 0.108. The molecule has 0 saturated carbocycles. The largest absolute Gasteiger partial charge is 0.493 e. The lowest BCUT2D eigenvalue weighted by Crippen LogP contribution is -2.32. The number of nitrogens with one attached hydrogen (secondary N) is 2. The van der Waals surface area contributed by atoms with Crippen molar-refractivity contribution in [2.24, 2.45) is 0 Å². The maximum atomic E-state index is 9.15. The number of aliphatic hydroxyl groups is 2. The van der Waals surface area contributed by atoms with Gasteiger partial charge in [0.15, 0.2) is 11.5 Å². The average Bonchev–Trinajstić information content (AvgIpc) is 3.46. The number of rotatable bonds is 14. The summed E-state index contributed by atoms with van der Waals surface area (Å²) in [6.07, 6.45) is 4.91. The predicted octanol–water partition coefficient (Wildman–Crippen LogP) is 2.47. The molecule has 0 aliphatic rings. The number of ether oxygens (including phenoxy) is 2. The number of hydrogen-bond acceptors (Lipinski definition) is 7. The first kappa shape index (κ1) is 25.0. The summed E-state index contributed by atoms with van der Waals surface area (Å²) < 4.78 is 13.4. The normalized spacial score (nSPS) is 11.7. The first-order valence-electron chi connectivity index (χ1n) is 12.0. The van der Waals surface area contributed by atoms with E-state index in [4.69, 9.17) is 19.7 Å². The standard InChI is InChI=1S/C26H35N5O4/c1-34-24-16-20-21(22-15-19-5-3-7-28-26(19)29-22)18-31(23(20)17-25(24)35-2)10-8-27-6-4-9-30(11-13-32)12-14-33/h3,5,7,15-18,27,32-33H,4,6,8-14H2,1-2H3,(H,28,29). The number of aromatic amines is 1. The molecule has 9 nitrogen and oxygen atoms in total. The van der Waals surface area contributed by atoms with Gasteiger partial charge in [0.25, 0.3) is 0 Å². The molecule has 0 amide bonds. The van der Waals surface area contributed by atoms with Crippen molar-refractivity contribution in [2.45, 2.75) is 13.0 Å². The van der Waals surface area contributed by atoms with E-state index in [0.717, 1.165) is 65.8 Å². The lowest BCUT2D eigenvalue weighted by molar-refractivity contribution is 0.160. The molecule has 35 heavy (non-hydrogen) atoms. The minimum atomic E-state index is 0.108. The predicted molar refractivity (Wildman–Crippen MR) is 138 cm³/mol. The Balaban J connectivity index is 1.51. The van der Waals surface area contributed by atoms with Crippen molar-refractivity contribution in [2.75, 3.05) is 60.2 Å². The zero-order chi connectivity index (χ0) is 24.6. The van der Waals surface area contributed by atoms with Crippen molar-refractivity contribution in [3.8, 4) is 22.8 Å². The average molecular weight is 482 g/mol. The lowest BCUT2D eigenvalue weighted by atomic mass is 10.1. The Labute approximate surface area is 205 Å². The minimum Gasteiger partial charge on any atom is -0.493 e. The molecule has 0 unspecified atom stereocenters. The molecule has 4 N–H and O–H groups in total. The number of methoxy groups -OCH3 is 2. The fourth-order valence-electron chi connectivity index (χ4n) is 4.49. The zero-order valence-corrected chi connectivity index (χ0v) is 20.5. The number of aromatic nitrogens is 3. The monoisotopic (exact) mass is 481 g/mol. The Morgan fingerprint density at radius 1 is 1.03 bits per heavy atom. The summed E-state index contributed by atoms with van der Waals surface area (Å²) in [7, 11) is 3.30. The maximum absolute atomic E-state index is 9.15. The molecule has 4 aromatic rings. The summed E-state index contributed by atoms with van der Waals surface area (Å²) in [5.41, 5.74) is 4.03. The second kappa shape index (κ2) is 12.0. The molecule has 0 aliphatic heterocycles. The fraction of sp³-hybridized carbons (Fsp3) is 0.423. The smallest absolute Gasteiger partial charge is 0.162 e. The Morgan fingerprint density at radius 2 is 1.80 bits per heavy atom. The first-order chi connectivity index (χ1) is 17.2. The van der Waals surface area contributed by atoms with Crippen molar-refractivity contribution in [3.63, 3.8) is 0 Å². The highest BCUT2D eigenvalue weighted by Gasteiger charge is 2.17. The Bertz CT molecular complexity index is 1200. The highest BCUT2D eigenvalue weighted by molar-refractivity contribution is 5.99. The lowest BCUT2D eigenvalue weighted by Gasteiger charge is -2.20. The third kappa shape index (κ3) is 5.76. The number of pyridine rings is 1. The van der Waals surface area contributed by atoms with Gasteiger partial charge in [-0.25, -0.2) is 4.98 Å². The summed E-state index contributed by atoms with van der Waals surface area (Å²) >= 11 is 0. The third-order valence-corrected chi connectivity index (χ3v) is 6.26. The number of benzene rings is 1. The Morgan fingerprint density at radius 3 is 2.51 bits per heavy atom. The van der Waals surface area contributed by atoms with E-state index in [1.54, 1.807) is 20.4 Å². The van der Waals surface area contributed by atoms with Crippen LogP contribution in [0.3, 0.4) is 0 Å². The van der Waals surface area contributed by atoms with Crippen molar-refractivity contribution in [1.29, 1.82) is 0 Å². The summed E-state index contributed by atoms with van der Waals surface area (Å²) in [5, 5.41) is 24.0. The van der Waals surface area contributed by atoms with Gasteiger partial charge in [0.1, 0.15) is 5.65 Å². The molecular weight excluding hydrogens is 446 g/mol. The van der Waals surface area contributed by atoms with Crippen LogP contribution in [0.4, 0.5) is 0 Å². The highest BCUT2D eigenvalue weighted by atomic mass is 16.5. The molecule has 0 spiro atoms. The number of fused-ring (bicyclic) bond motifs is 2. The summed E-state index contributed by atoms with van der Waals surface area (Å²) in [4.78, 5) is 9.96. The van der Waals surface area contributed by atoms with Gasteiger partial charge < -0.3 is 34.6 Å². The molecule has 3 heterocycles. The van der Waals surface area contributed by atoms with Crippen LogP contribution in [0.25, 0.3) is 33.2 Å². The first-order valence-corrected chi connectivity index (χ1v) is 12.0. The molecule has 0 aliphatic carbocycles. The number of nitrogens with zero attached hydrogens (tertiary/aromatic N) is 3. The van der Waals surface area contributed by atoms with Gasteiger partial charge in [-0.2, -0.15) is 0 Å². The van der Waals surface area contributed by atoms with Crippen LogP contribution in [0.15, 0.2) is 42.7 Å². The SMILES string of the molecule is COc1cc2c(-c3cc4cccnc4[nH]3)cn(CCNCCCN(CCO)CCO)c2cc1OC. The summed E-state index contributed by atoms with van der Waals surface area (Å²) in [6.45, 7) is 4.71. The van der Waals surface area contributed by atoms with Crippen molar-refractivity contribution in [1.82, 2.24) is 24.8 Å². The maximum Gasteiger partial charge on any atom is 0.162 e. The van der Waals surface area contributed by atoms with Crippen LogP contribution in [0.2, 0.25) is 0 Å². The second-order valence-electron chi connectivity index (χ2n) is 8.48. The van der Waals surface area contributed by atoms with Crippen LogP contribution in [0.5, 0.6) is 11.5 Å². The van der Waals surface area contributed by atoms with E-state index < -0.39 is 0 Å². The van der Waals surface area contributed by atoms with Gasteiger partial charge in [-0.1, -0.05) is 0 Å². The fourth-order valence-corrected chi connectivity index (χ4v) is 4.49.